The summed E-state index contributed by atoms with van der Waals surface area (Å²) < 4.78 is 5.84. The number of nitrogens with one attached hydrogen (secondary N) is 1. The summed E-state index contributed by atoms with van der Waals surface area (Å²) in [7, 11) is 0. The fraction of sp³-hybridized carbons (Fsp3) is 0.120. The van der Waals surface area contributed by atoms with Crippen molar-refractivity contribution in [1.29, 1.82) is 0 Å². The highest BCUT2D eigenvalue weighted by Crippen LogP contribution is 2.37. The molecule has 1 aliphatic heterocycles. The number of aryl methyl sites for hydroxylation is 1. The van der Waals surface area contributed by atoms with Crippen LogP contribution in [0.25, 0.3) is 6.08 Å². The number of hydrogen-bond acceptors (Lipinski definition) is 4. The van der Waals surface area contributed by atoms with Gasteiger partial charge in [0.05, 0.1) is 20.6 Å². The van der Waals surface area contributed by atoms with E-state index in [0.29, 0.717) is 48.7 Å². The van der Waals surface area contributed by atoms with Gasteiger partial charge in [0.25, 0.3) is 5.91 Å². The van der Waals surface area contributed by atoms with Gasteiger partial charge < -0.3 is 10.1 Å². The SMILES string of the molecule is Cc1ccc(COc2c(Cl)cc(/C=C3/SC(=Nc4cccc(Cl)c4C)NC3=O)cc2Cl)cc1. The van der Waals surface area contributed by atoms with Crippen LogP contribution in [-0.2, 0) is 11.4 Å². The lowest BCUT2D eigenvalue weighted by atomic mass is 10.1. The number of carbonyl (C=O) groups is 1. The lowest BCUT2D eigenvalue weighted by Gasteiger charge is -2.11. The maximum Gasteiger partial charge on any atom is 0.264 e. The van der Waals surface area contributed by atoms with Crippen molar-refractivity contribution in [3.63, 3.8) is 0 Å². The van der Waals surface area contributed by atoms with Crippen molar-refractivity contribution in [3.05, 3.63) is 96.8 Å². The second kappa shape index (κ2) is 10.2. The third kappa shape index (κ3) is 5.74. The highest BCUT2D eigenvalue weighted by atomic mass is 35.5. The average Bonchev–Trinajstić information content (AvgIpc) is 3.10. The van der Waals surface area contributed by atoms with Crippen LogP contribution in [0.5, 0.6) is 5.75 Å². The van der Waals surface area contributed by atoms with Crippen molar-refractivity contribution >= 4 is 69.4 Å². The monoisotopic (exact) mass is 516 g/mol. The molecule has 33 heavy (non-hydrogen) atoms. The quantitative estimate of drug-likeness (QED) is 0.352. The number of benzene rings is 3. The summed E-state index contributed by atoms with van der Waals surface area (Å²) in [5.74, 6) is 0.161. The molecule has 3 aromatic rings. The van der Waals surface area contributed by atoms with Gasteiger partial charge in [-0.05, 0) is 72.6 Å². The number of amides is 1. The number of ether oxygens (including phenoxy) is 1. The van der Waals surface area contributed by atoms with Crippen molar-refractivity contribution in [2.24, 2.45) is 4.99 Å². The Morgan fingerprint density at radius 2 is 1.70 bits per heavy atom. The molecule has 0 unspecified atom stereocenters. The van der Waals surface area contributed by atoms with Crippen LogP contribution in [0.4, 0.5) is 5.69 Å². The second-order valence-corrected chi connectivity index (χ2v) is 9.71. The summed E-state index contributed by atoms with van der Waals surface area (Å²) in [5, 5.41) is 4.61. The molecular weight excluding hydrogens is 499 g/mol. The summed E-state index contributed by atoms with van der Waals surface area (Å²) in [6, 6.07) is 16.9. The van der Waals surface area contributed by atoms with Crippen molar-refractivity contribution in [2.45, 2.75) is 20.5 Å². The van der Waals surface area contributed by atoms with Crippen LogP contribution in [-0.4, -0.2) is 11.1 Å². The van der Waals surface area contributed by atoms with Crippen molar-refractivity contribution in [3.8, 4) is 5.75 Å². The topological polar surface area (TPSA) is 50.7 Å². The molecule has 0 aromatic heterocycles. The molecule has 168 valence electrons. The minimum absolute atomic E-state index is 0.245. The van der Waals surface area contributed by atoms with Crippen LogP contribution in [0.15, 0.2) is 64.5 Å². The van der Waals surface area contributed by atoms with E-state index in [2.05, 4.69) is 10.3 Å². The number of aliphatic imine (C=N–C) groups is 1. The normalized spacial score (nSPS) is 15.8. The smallest absolute Gasteiger partial charge is 0.264 e. The van der Waals surface area contributed by atoms with E-state index in [9.17, 15) is 4.79 Å². The van der Waals surface area contributed by atoms with E-state index in [-0.39, 0.29) is 5.91 Å². The van der Waals surface area contributed by atoms with Crippen LogP contribution in [0.3, 0.4) is 0 Å². The first-order valence-electron chi connectivity index (χ1n) is 10.0. The second-order valence-electron chi connectivity index (χ2n) is 7.45. The summed E-state index contributed by atoms with van der Waals surface area (Å²) in [6.07, 6.45) is 1.72. The molecule has 1 saturated heterocycles. The molecule has 4 rings (SSSR count). The number of thioether (sulfide) groups is 1. The van der Waals surface area contributed by atoms with Gasteiger partial charge in [0, 0.05) is 5.02 Å². The lowest BCUT2D eigenvalue weighted by molar-refractivity contribution is -0.115. The lowest BCUT2D eigenvalue weighted by Crippen LogP contribution is -2.19. The third-order valence-electron chi connectivity index (χ3n) is 4.93. The molecule has 4 nitrogen and oxygen atoms in total. The number of rotatable bonds is 5. The summed E-state index contributed by atoms with van der Waals surface area (Å²) >= 11 is 20.3. The molecule has 3 aromatic carbocycles. The Balaban J connectivity index is 1.51. The van der Waals surface area contributed by atoms with Crippen LogP contribution in [0, 0.1) is 13.8 Å². The average molecular weight is 518 g/mol. The van der Waals surface area contributed by atoms with E-state index in [1.807, 2.05) is 50.2 Å². The summed E-state index contributed by atoms with van der Waals surface area (Å²) in [4.78, 5) is 17.5. The minimum Gasteiger partial charge on any atom is -0.486 e. The molecular formula is C25H19Cl3N2O2S. The van der Waals surface area contributed by atoms with Crippen molar-refractivity contribution < 1.29 is 9.53 Å². The maximum absolute atomic E-state index is 12.5. The standard InChI is InChI=1S/C25H19Cl3N2O2S/c1-14-6-8-16(9-7-14)13-32-23-19(27)10-17(11-20(23)28)12-22-24(31)30-25(33-22)29-21-5-3-4-18(26)15(21)2/h3-12H,13H2,1-2H3,(H,29,30,31)/b22-12+. The molecule has 0 bridgehead atoms. The van der Waals surface area contributed by atoms with Gasteiger partial charge in [-0.2, -0.15) is 0 Å². The van der Waals surface area contributed by atoms with Gasteiger partial charge in [0.15, 0.2) is 10.9 Å². The van der Waals surface area contributed by atoms with Crippen LogP contribution in [0.2, 0.25) is 15.1 Å². The Hall–Kier alpha value is -2.44. The molecule has 0 aliphatic carbocycles. The van der Waals surface area contributed by atoms with Crippen molar-refractivity contribution in [2.75, 3.05) is 0 Å². The fourth-order valence-corrected chi connectivity index (χ4v) is 4.72. The molecule has 0 radical (unpaired) electrons. The summed E-state index contributed by atoms with van der Waals surface area (Å²) in [5.41, 5.74) is 4.42. The van der Waals surface area contributed by atoms with Gasteiger partial charge in [-0.25, -0.2) is 4.99 Å². The third-order valence-corrected chi connectivity index (χ3v) is 6.81. The molecule has 1 amide bonds. The molecule has 0 spiro atoms. The predicted octanol–water partition coefficient (Wildman–Crippen LogP) is 7.73. The highest BCUT2D eigenvalue weighted by Gasteiger charge is 2.24. The van der Waals surface area contributed by atoms with E-state index in [1.54, 1.807) is 24.3 Å². The van der Waals surface area contributed by atoms with Gasteiger partial charge in [-0.15, -0.1) is 0 Å². The largest absolute Gasteiger partial charge is 0.486 e. The number of nitrogens with zero attached hydrogens (tertiary/aromatic N) is 1. The van der Waals surface area contributed by atoms with Gasteiger partial charge in [-0.1, -0.05) is 70.7 Å². The van der Waals surface area contributed by atoms with E-state index >= 15 is 0 Å². The Bertz CT molecular complexity index is 1260. The van der Waals surface area contributed by atoms with Crippen LogP contribution < -0.4 is 10.1 Å². The zero-order valence-electron chi connectivity index (χ0n) is 17.8. The van der Waals surface area contributed by atoms with Gasteiger partial charge in [-0.3, -0.25) is 4.79 Å². The molecule has 0 saturated carbocycles. The molecule has 1 N–H and O–H groups in total. The van der Waals surface area contributed by atoms with E-state index < -0.39 is 0 Å². The minimum atomic E-state index is -0.245. The predicted molar refractivity (Wildman–Crippen MR) is 139 cm³/mol. The Kier molecular flexibility index (Phi) is 7.35. The fourth-order valence-electron chi connectivity index (χ4n) is 3.10. The first-order chi connectivity index (χ1) is 15.8. The number of halogens is 3. The first kappa shape index (κ1) is 23.7. The zero-order chi connectivity index (χ0) is 23.5. The van der Waals surface area contributed by atoms with E-state index in [0.717, 1.165) is 11.1 Å². The molecule has 8 heteroatoms. The first-order valence-corrected chi connectivity index (χ1v) is 12.0. The van der Waals surface area contributed by atoms with Crippen LogP contribution in [0.1, 0.15) is 22.3 Å². The summed E-state index contributed by atoms with van der Waals surface area (Å²) in [6.45, 7) is 4.26. The van der Waals surface area contributed by atoms with Gasteiger partial charge in [0.1, 0.15) is 6.61 Å². The number of carbonyl (C=O) groups excluding carboxylic acids is 1. The molecule has 1 aliphatic rings. The Morgan fingerprint density at radius 1 is 1.00 bits per heavy atom. The molecule has 1 fully saturated rings. The van der Waals surface area contributed by atoms with Crippen molar-refractivity contribution in [1.82, 2.24) is 5.32 Å². The van der Waals surface area contributed by atoms with Gasteiger partial charge in [0.2, 0.25) is 0 Å². The maximum atomic E-state index is 12.5. The Labute approximate surface area is 211 Å². The van der Waals surface area contributed by atoms with E-state index in [4.69, 9.17) is 39.5 Å². The van der Waals surface area contributed by atoms with E-state index in [1.165, 1.54) is 17.3 Å². The highest BCUT2D eigenvalue weighted by molar-refractivity contribution is 8.18. The number of amidine groups is 1. The zero-order valence-corrected chi connectivity index (χ0v) is 20.9. The Morgan fingerprint density at radius 3 is 2.39 bits per heavy atom. The van der Waals surface area contributed by atoms with Gasteiger partial charge >= 0.3 is 0 Å². The number of hydrogen-bond donors (Lipinski definition) is 1. The molecule has 0 atom stereocenters. The molecule has 1 heterocycles. The van der Waals surface area contributed by atoms with Crippen LogP contribution >= 0.6 is 46.6 Å².